The van der Waals surface area contributed by atoms with Crippen molar-refractivity contribution in [3.63, 3.8) is 0 Å². The van der Waals surface area contributed by atoms with Crippen LogP contribution in [0.3, 0.4) is 0 Å². The molecule has 1 aromatic heterocycles. The molecule has 5 nitrogen and oxygen atoms in total. The Morgan fingerprint density at radius 3 is 2.29 bits per heavy atom. The summed E-state index contributed by atoms with van der Waals surface area (Å²) in [5.74, 6) is -0.00201. The van der Waals surface area contributed by atoms with E-state index in [-0.39, 0.29) is 17.5 Å². The van der Waals surface area contributed by atoms with Crippen LogP contribution in [0.5, 0.6) is 0 Å². The summed E-state index contributed by atoms with van der Waals surface area (Å²) in [5, 5.41) is 12.5. The molecule has 0 radical (unpaired) electrons. The summed E-state index contributed by atoms with van der Waals surface area (Å²) < 4.78 is 15.2. The lowest BCUT2D eigenvalue weighted by Gasteiger charge is -2.11. The summed E-state index contributed by atoms with van der Waals surface area (Å²) in [4.78, 5) is 12.5. The zero-order valence-electron chi connectivity index (χ0n) is 15.9. The Morgan fingerprint density at radius 1 is 0.935 bits per heavy atom. The minimum atomic E-state index is -0.344. The highest BCUT2D eigenvalue weighted by Gasteiger charge is 2.18. The van der Waals surface area contributed by atoms with E-state index in [0.717, 1.165) is 5.56 Å². The fourth-order valence-electron chi connectivity index (χ4n) is 2.88. The second-order valence-electron chi connectivity index (χ2n) is 6.42. The number of para-hydroxylation sites is 1. The number of rotatable bonds is 6. The lowest BCUT2D eigenvalue weighted by Crippen LogP contribution is -2.15. The molecule has 156 valence electrons. The zero-order chi connectivity index (χ0) is 21.8. The van der Waals surface area contributed by atoms with Crippen molar-refractivity contribution in [2.75, 3.05) is 11.1 Å². The van der Waals surface area contributed by atoms with Gasteiger partial charge < -0.3 is 5.32 Å². The quantitative estimate of drug-likeness (QED) is 0.343. The van der Waals surface area contributed by atoms with E-state index in [1.54, 1.807) is 34.9 Å². The smallest absolute Gasteiger partial charge is 0.234 e. The molecular formula is C22H15Cl2FN4OS. The highest BCUT2D eigenvalue weighted by molar-refractivity contribution is 7.99. The standard InChI is InChI=1S/C22H15Cl2FN4OS/c23-17-7-4-8-18(24)20(17)26-19(30)13-31-22-28-27-21(14-5-2-1-3-6-14)29(22)16-11-9-15(25)10-12-16/h1-12H,13H2,(H,26,30). The van der Waals surface area contributed by atoms with E-state index < -0.39 is 0 Å². The second-order valence-corrected chi connectivity index (χ2v) is 8.17. The van der Waals surface area contributed by atoms with Gasteiger partial charge in [0.05, 0.1) is 21.5 Å². The van der Waals surface area contributed by atoms with Crippen molar-refractivity contribution >= 4 is 46.6 Å². The molecule has 4 rings (SSSR count). The van der Waals surface area contributed by atoms with Crippen molar-refractivity contribution in [2.24, 2.45) is 0 Å². The van der Waals surface area contributed by atoms with Crippen LogP contribution in [0.25, 0.3) is 17.1 Å². The number of hydrogen-bond donors (Lipinski definition) is 1. The number of amides is 1. The first kappa shape index (κ1) is 21.4. The molecule has 0 fully saturated rings. The van der Waals surface area contributed by atoms with E-state index in [0.29, 0.717) is 32.4 Å². The zero-order valence-corrected chi connectivity index (χ0v) is 18.3. The molecule has 3 aromatic carbocycles. The molecule has 0 saturated carbocycles. The molecule has 1 N–H and O–H groups in total. The third-order valence-corrected chi connectivity index (χ3v) is 5.87. The van der Waals surface area contributed by atoms with Crippen molar-refractivity contribution in [3.05, 3.63) is 88.7 Å². The van der Waals surface area contributed by atoms with Gasteiger partial charge in [0.1, 0.15) is 5.82 Å². The Morgan fingerprint density at radius 2 is 1.61 bits per heavy atom. The van der Waals surface area contributed by atoms with Crippen molar-refractivity contribution in [3.8, 4) is 17.1 Å². The average molecular weight is 473 g/mol. The van der Waals surface area contributed by atoms with Crippen molar-refractivity contribution in [2.45, 2.75) is 5.16 Å². The van der Waals surface area contributed by atoms with Crippen molar-refractivity contribution in [1.29, 1.82) is 0 Å². The number of aromatic nitrogens is 3. The fraction of sp³-hybridized carbons (Fsp3) is 0.0455. The van der Waals surface area contributed by atoms with Crippen LogP contribution in [-0.2, 0) is 4.79 Å². The van der Waals surface area contributed by atoms with Crippen LogP contribution in [0.1, 0.15) is 0 Å². The molecule has 0 unspecified atom stereocenters. The molecule has 0 aliphatic heterocycles. The number of carbonyl (C=O) groups is 1. The van der Waals surface area contributed by atoms with Crippen LogP contribution in [0.4, 0.5) is 10.1 Å². The first-order valence-electron chi connectivity index (χ1n) is 9.16. The molecule has 0 bridgehead atoms. The molecule has 1 amide bonds. The fourth-order valence-corrected chi connectivity index (χ4v) is 4.13. The molecule has 9 heteroatoms. The monoisotopic (exact) mass is 472 g/mol. The van der Waals surface area contributed by atoms with Crippen LogP contribution in [-0.4, -0.2) is 26.4 Å². The second kappa shape index (κ2) is 9.51. The highest BCUT2D eigenvalue weighted by atomic mass is 35.5. The normalized spacial score (nSPS) is 10.8. The van der Waals surface area contributed by atoms with Crippen LogP contribution in [0.2, 0.25) is 10.0 Å². The van der Waals surface area contributed by atoms with Gasteiger partial charge in [0.15, 0.2) is 11.0 Å². The van der Waals surface area contributed by atoms with E-state index in [1.807, 2.05) is 30.3 Å². The number of nitrogens with one attached hydrogen (secondary N) is 1. The maximum Gasteiger partial charge on any atom is 0.234 e. The molecule has 0 atom stereocenters. The van der Waals surface area contributed by atoms with E-state index in [2.05, 4.69) is 15.5 Å². The molecule has 1 heterocycles. The Kier molecular flexibility index (Phi) is 6.56. The van der Waals surface area contributed by atoms with Crippen LogP contribution >= 0.6 is 35.0 Å². The van der Waals surface area contributed by atoms with Crippen LogP contribution < -0.4 is 5.32 Å². The number of carbonyl (C=O) groups excluding carboxylic acids is 1. The Bertz CT molecular complexity index is 1200. The topological polar surface area (TPSA) is 59.8 Å². The highest BCUT2D eigenvalue weighted by Crippen LogP contribution is 2.31. The number of halogens is 3. The predicted octanol–water partition coefficient (Wildman–Crippen LogP) is 6.11. The summed E-state index contributed by atoms with van der Waals surface area (Å²) in [5.41, 5.74) is 1.89. The van der Waals surface area contributed by atoms with Crippen molar-refractivity contribution < 1.29 is 9.18 Å². The SMILES string of the molecule is O=C(CSc1nnc(-c2ccccc2)n1-c1ccc(F)cc1)Nc1c(Cl)cccc1Cl. The summed E-state index contributed by atoms with van der Waals surface area (Å²) in [7, 11) is 0. The van der Waals surface area contributed by atoms with E-state index in [1.165, 1.54) is 23.9 Å². The minimum Gasteiger partial charge on any atom is -0.323 e. The van der Waals surface area contributed by atoms with Gasteiger partial charge >= 0.3 is 0 Å². The third-order valence-electron chi connectivity index (χ3n) is 4.31. The average Bonchev–Trinajstić information content (AvgIpc) is 3.20. The molecular weight excluding hydrogens is 458 g/mol. The largest absolute Gasteiger partial charge is 0.323 e. The number of thioether (sulfide) groups is 1. The number of anilines is 1. The van der Waals surface area contributed by atoms with Gasteiger partial charge in [-0.05, 0) is 36.4 Å². The van der Waals surface area contributed by atoms with Gasteiger partial charge in [-0.3, -0.25) is 9.36 Å². The lowest BCUT2D eigenvalue weighted by atomic mass is 10.2. The Balaban J connectivity index is 1.60. The van der Waals surface area contributed by atoms with E-state index in [4.69, 9.17) is 23.2 Å². The maximum atomic E-state index is 13.5. The Labute approximate surface area is 192 Å². The van der Waals surface area contributed by atoms with Gasteiger partial charge in [-0.25, -0.2) is 4.39 Å². The van der Waals surface area contributed by atoms with Gasteiger partial charge in [0, 0.05) is 11.3 Å². The number of nitrogens with zero attached hydrogens (tertiary/aromatic N) is 3. The van der Waals surface area contributed by atoms with Crippen molar-refractivity contribution in [1.82, 2.24) is 14.8 Å². The van der Waals surface area contributed by atoms with E-state index >= 15 is 0 Å². The summed E-state index contributed by atoms with van der Waals surface area (Å²) in [6.45, 7) is 0. The predicted molar refractivity (Wildman–Crippen MR) is 123 cm³/mol. The molecule has 31 heavy (non-hydrogen) atoms. The van der Waals surface area contributed by atoms with E-state index in [9.17, 15) is 9.18 Å². The maximum absolute atomic E-state index is 13.5. The van der Waals surface area contributed by atoms with Gasteiger partial charge in [-0.15, -0.1) is 10.2 Å². The minimum absolute atomic E-state index is 0.0513. The molecule has 0 saturated heterocycles. The first-order valence-corrected chi connectivity index (χ1v) is 10.9. The third kappa shape index (κ3) is 4.90. The first-order chi connectivity index (χ1) is 15.0. The summed E-state index contributed by atoms with van der Waals surface area (Å²) >= 11 is 13.4. The van der Waals surface area contributed by atoms with Crippen LogP contribution in [0.15, 0.2) is 78.0 Å². The van der Waals surface area contributed by atoms with Gasteiger partial charge in [-0.2, -0.15) is 0 Å². The Hall–Kier alpha value is -2.87. The summed E-state index contributed by atoms with van der Waals surface area (Å²) in [6, 6.07) is 20.5. The molecule has 0 spiro atoms. The van der Waals surface area contributed by atoms with Gasteiger partial charge in [0.2, 0.25) is 5.91 Å². The molecule has 0 aliphatic rings. The van der Waals surface area contributed by atoms with Gasteiger partial charge in [-0.1, -0.05) is 71.4 Å². The van der Waals surface area contributed by atoms with Gasteiger partial charge in [0.25, 0.3) is 0 Å². The summed E-state index contributed by atoms with van der Waals surface area (Å²) in [6.07, 6.45) is 0. The number of benzene rings is 3. The van der Waals surface area contributed by atoms with Crippen LogP contribution in [0, 0.1) is 5.82 Å². The molecule has 4 aromatic rings. The molecule has 0 aliphatic carbocycles. The lowest BCUT2D eigenvalue weighted by molar-refractivity contribution is -0.113. The number of hydrogen-bond acceptors (Lipinski definition) is 4.